The standard InChI is InChI=1S/C28H28N4O2/c1-20(23-14-8-4-9-15-23)30-27(33)25-26(28(34)31-21(2)24-16-10-5-11-17-24)32(19-29-25)18-22-12-6-3-7-13-22/h3-17,19-21H,18H2,1-2H3,(H,30,33)(H,31,34)/t20-,21-/m1/s1. The van der Waals surface area contributed by atoms with Crippen LogP contribution in [0.15, 0.2) is 97.3 Å². The van der Waals surface area contributed by atoms with E-state index in [2.05, 4.69) is 15.6 Å². The van der Waals surface area contributed by atoms with Gasteiger partial charge in [0.2, 0.25) is 0 Å². The maximum atomic E-state index is 13.4. The van der Waals surface area contributed by atoms with E-state index in [-0.39, 0.29) is 35.3 Å². The molecule has 172 valence electrons. The Morgan fingerprint density at radius 1 is 0.735 bits per heavy atom. The molecule has 34 heavy (non-hydrogen) atoms. The summed E-state index contributed by atoms with van der Waals surface area (Å²) in [6, 6.07) is 28.7. The highest BCUT2D eigenvalue weighted by Crippen LogP contribution is 2.18. The minimum Gasteiger partial charge on any atom is -0.344 e. The molecule has 0 aliphatic heterocycles. The SMILES string of the molecule is C[C@@H](NC(=O)c1ncn(Cc2ccccc2)c1C(=O)N[C@H](C)c1ccccc1)c1ccccc1. The van der Waals surface area contributed by atoms with Crippen LogP contribution in [0.2, 0.25) is 0 Å². The minimum absolute atomic E-state index is 0.108. The molecule has 0 aliphatic carbocycles. The first kappa shape index (κ1) is 23.0. The lowest BCUT2D eigenvalue weighted by Crippen LogP contribution is -2.33. The number of rotatable bonds is 8. The van der Waals surface area contributed by atoms with Crippen molar-refractivity contribution in [1.29, 1.82) is 0 Å². The van der Waals surface area contributed by atoms with E-state index in [0.29, 0.717) is 6.54 Å². The van der Waals surface area contributed by atoms with Crippen molar-refractivity contribution in [2.75, 3.05) is 0 Å². The second-order valence-corrected chi connectivity index (χ2v) is 8.27. The van der Waals surface area contributed by atoms with Gasteiger partial charge in [-0.05, 0) is 30.5 Å². The number of hydrogen-bond donors (Lipinski definition) is 2. The first-order valence-corrected chi connectivity index (χ1v) is 11.3. The third kappa shape index (κ3) is 5.41. The van der Waals surface area contributed by atoms with E-state index >= 15 is 0 Å². The molecule has 0 spiro atoms. The molecule has 1 aromatic heterocycles. The number of aromatic nitrogens is 2. The monoisotopic (exact) mass is 452 g/mol. The van der Waals surface area contributed by atoms with Gasteiger partial charge in [0.25, 0.3) is 11.8 Å². The van der Waals surface area contributed by atoms with Crippen molar-refractivity contribution < 1.29 is 9.59 Å². The van der Waals surface area contributed by atoms with Crippen LogP contribution in [0.3, 0.4) is 0 Å². The van der Waals surface area contributed by atoms with Gasteiger partial charge in [-0.25, -0.2) is 4.98 Å². The topological polar surface area (TPSA) is 76.0 Å². The summed E-state index contributed by atoms with van der Waals surface area (Å²) in [7, 11) is 0. The van der Waals surface area contributed by atoms with Crippen LogP contribution in [-0.2, 0) is 6.54 Å². The molecule has 0 radical (unpaired) electrons. The Morgan fingerprint density at radius 2 is 1.21 bits per heavy atom. The fourth-order valence-corrected chi connectivity index (χ4v) is 3.87. The number of imidazole rings is 1. The lowest BCUT2D eigenvalue weighted by molar-refractivity contribution is 0.0896. The molecule has 4 aromatic rings. The van der Waals surface area contributed by atoms with Gasteiger partial charge >= 0.3 is 0 Å². The number of benzene rings is 3. The van der Waals surface area contributed by atoms with Crippen molar-refractivity contribution in [2.45, 2.75) is 32.5 Å². The second kappa shape index (κ2) is 10.6. The Hall–Kier alpha value is -4.19. The van der Waals surface area contributed by atoms with Crippen molar-refractivity contribution in [3.05, 3.63) is 125 Å². The third-order valence-electron chi connectivity index (χ3n) is 5.76. The predicted octanol–water partition coefficient (Wildman–Crippen LogP) is 4.91. The number of nitrogens with one attached hydrogen (secondary N) is 2. The number of hydrogen-bond acceptors (Lipinski definition) is 3. The highest BCUT2D eigenvalue weighted by molar-refractivity contribution is 6.05. The molecule has 6 heteroatoms. The Kier molecular flexibility index (Phi) is 7.18. The lowest BCUT2D eigenvalue weighted by atomic mass is 10.1. The van der Waals surface area contributed by atoms with Gasteiger partial charge in [0, 0.05) is 6.54 Å². The summed E-state index contributed by atoms with van der Waals surface area (Å²) in [4.78, 5) is 31.0. The Morgan fingerprint density at radius 3 is 1.74 bits per heavy atom. The van der Waals surface area contributed by atoms with Crippen LogP contribution in [-0.4, -0.2) is 21.4 Å². The molecule has 2 amide bonds. The first-order valence-electron chi connectivity index (χ1n) is 11.3. The van der Waals surface area contributed by atoms with Crippen LogP contribution < -0.4 is 10.6 Å². The van der Waals surface area contributed by atoms with E-state index in [0.717, 1.165) is 16.7 Å². The highest BCUT2D eigenvalue weighted by atomic mass is 16.2. The lowest BCUT2D eigenvalue weighted by Gasteiger charge is -2.17. The molecule has 0 saturated heterocycles. The second-order valence-electron chi connectivity index (χ2n) is 8.27. The van der Waals surface area contributed by atoms with Crippen LogP contribution in [0.25, 0.3) is 0 Å². The van der Waals surface area contributed by atoms with Gasteiger partial charge in [-0.1, -0.05) is 91.0 Å². The zero-order valence-corrected chi connectivity index (χ0v) is 19.3. The van der Waals surface area contributed by atoms with Gasteiger partial charge in [-0.3, -0.25) is 9.59 Å². The van der Waals surface area contributed by atoms with E-state index in [1.165, 1.54) is 0 Å². The normalized spacial score (nSPS) is 12.5. The Bertz CT molecular complexity index is 1240. The van der Waals surface area contributed by atoms with Crippen LogP contribution in [0, 0.1) is 0 Å². The molecule has 4 rings (SSSR count). The fraction of sp³-hybridized carbons (Fsp3) is 0.179. The quantitative estimate of drug-likeness (QED) is 0.399. The molecule has 2 N–H and O–H groups in total. The van der Waals surface area contributed by atoms with Gasteiger partial charge in [0.1, 0.15) is 5.69 Å². The summed E-state index contributed by atoms with van der Waals surface area (Å²) in [5.74, 6) is -0.733. The Balaban J connectivity index is 1.61. The van der Waals surface area contributed by atoms with Crippen LogP contribution >= 0.6 is 0 Å². The van der Waals surface area contributed by atoms with Crippen molar-refractivity contribution in [3.8, 4) is 0 Å². The van der Waals surface area contributed by atoms with Crippen LogP contribution in [0.1, 0.15) is 63.6 Å². The van der Waals surface area contributed by atoms with Crippen LogP contribution in [0.4, 0.5) is 0 Å². The first-order chi connectivity index (χ1) is 16.5. The molecule has 1 heterocycles. The zero-order valence-electron chi connectivity index (χ0n) is 19.3. The predicted molar refractivity (Wildman–Crippen MR) is 132 cm³/mol. The molecular weight excluding hydrogens is 424 g/mol. The molecule has 0 bridgehead atoms. The Labute approximate surface area is 199 Å². The van der Waals surface area contributed by atoms with Crippen molar-refractivity contribution in [1.82, 2.24) is 20.2 Å². The van der Waals surface area contributed by atoms with Crippen molar-refractivity contribution >= 4 is 11.8 Å². The average molecular weight is 453 g/mol. The van der Waals surface area contributed by atoms with Gasteiger partial charge in [-0.2, -0.15) is 0 Å². The summed E-state index contributed by atoms with van der Waals surface area (Å²) < 4.78 is 1.73. The molecule has 3 aromatic carbocycles. The highest BCUT2D eigenvalue weighted by Gasteiger charge is 2.26. The number of carbonyl (C=O) groups excluding carboxylic acids is 2. The largest absolute Gasteiger partial charge is 0.344 e. The van der Waals surface area contributed by atoms with E-state index in [9.17, 15) is 9.59 Å². The van der Waals surface area contributed by atoms with E-state index in [1.807, 2.05) is 105 Å². The number of nitrogens with zero attached hydrogens (tertiary/aromatic N) is 2. The van der Waals surface area contributed by atoms with Gasteiger partial charge in [0.15, 0.2) is 5.69 Å². The number of amides is 2. The maximum absolute atomic E-state index is 13.4. The molecule has 0 unspecified atom stereocenters. The molecule has 0 fully saturated rings. The smallest absolute Gasteiger partial charge is 0.272 e. The molecule has 0 aliphatic rings. The van der Waals surface area contributed by atoms with E-state index < -0.39 is 0 Å². The number of carbonyl (C=O) groups is 2. The minimum atomic E-state index is -0.388. The molecule has 6 nitrogen and oxygen atoms in total. The van der Waals surface area contributed by atoms with Gasteiger partial charge in [-0.15, -0.1) is 0 Å². The molecule has 2 atom stereocenters. The van der Waals surface area contributed by atoms with Crippen LogP contribution in [0.5, 0.6) is 0 Å². The summed E-state index contributed by atoms with van der Waals surface area (Å²) in [6.45, 7) is 4.26. The van der Waals surface area contributed by atoms with E-state index in [4.69, 9.17) is 0 Å². The van der Waals surface area contributed by atoms with Gasteiger partial charge < -0.3 is 15.2 Å². The average Bonchev–Trinajstić information content (AvgIpc) is 3.29. The summed E-state index contributed by atoms with van der Waals surface area (Å²) >= 11 is 0. The van der Waals surface area contributed by atoms with Crippen molar-refractivity contribution in [2.24, 2.45) is 0 Å². The zero-order chi connectivity index (χ0) is 23.9. The fourth-order valence-electron chi connectivity index (χ4n) is 3.87. The molecule has 0 saturated carbocycles. The summed E-state index contributed by atoms with van der Waals surface area (Å²) in [6.07, 6.45) is 1.55. The summed E-state index contributed by atoms with van der Waals surface area (Å²) in [5.41, 5.74) is 3.31. The van der Waals surface area contributed by atoms with Crippen molar-refractivity contribution in [3.63, 3.8) is 0 Å². The molecular formula is C28H28N4O2. The summed E-state index contributed by atoms with van der Waals surface area (Å²) in [5, 5.41) is 6.00. The maximum Gasteiger partial charge on any atom is 0.272 e. The third-order valence-corrected chi connectivity index (χ3v) is 5.76. The van der Waals surface area contributed by atoms with Gasteiger partial charge in [0.05, 0.1) is 18.4 Å². The van der Waals surface area contributed by atoms with E-state index in [1.54, 1.807) is 10.9 Å².